The number of amides is 1. The number of rotatable bonds is 3. The molecule has 0 saturated heterocycles. The van der Waals surface area contributed by atoms with E-state index in [-0.39, 0.29) is 18.3 Å². The maximum atomic E-state index is 12.3. The number of nitrogens with two attached hydrogens (primary N) is 1. The number of benzene rings is 1. The monoisotopic (exact) mass is 296 g/mol. The molecule has 1 fully saturated rings. The zero-order valence-electron chi connectivity index (χ0n) is 12.3. The Balaban J connectivity index is 0.00000200. The van der Waals surface area contributed by atoms with Crippen LogP contribution in [0.5, 0.6) is 0 Å². The van der Waals surface area contributed by atoms with Gasteiger partial charge in [-0.05, 0) is 49.3 Å². The second kappa shape index (κ2) is 7.53. The molecule has 2 rings (SSSR count). The van der Waals surface area contributed by atoms with E-state index in [1.807, 2.05) is 36.2 Å². The highest BCUT2D eigenvalue weighted by molar-refractivity contribution is 5.85. The van der Waals surface area contributed by atoms with Gasteiger partial charge in [-0.2, -0.15) is 0 Å². The number of hydrogen-bond donors (Lipinski definition) is 1. The first-order valence-electron chi connectivity index (χ1n) is 7.16. The second-order valence-corrected chi connectivity index (χ2v) is 5.84. The maximum absolute atomic E-state index is 12.3. The summed E-state index contributed by atoms with van der Waals surface area (Å²) in [5, 5.41) is 0. The third-order valence-corrected chi connectivity index (χ3v) is 4.26. The van der Waals surface area contributed by atoms with Crippen molar-refractivity contribution in [3.63, 3.8) is 0 Å². The Morgan fingerprint density at radius 3 is 2.30 bits per heavy atom. The Kier molecular flexibility index (Phi) is 6.34. The van der Waals surface area contributed by atoms with Crippen molar-refractivity contribution in [3.05, 3.63) is 29.8 Å². The van der Waals surface area contributed by atoms with Crippen molar-refractivity contribution in [2.75, 3.05) is 12.8 Å². The first-order valence-corrected chi connectivity index (χ1v) is 7.16. The maximum Gasteiger partial charge on any atom is 0.226 e. The van der Waals surface area contributed by atoms with Gasteiger partial charge in [0.1, 0.15) is 0 Å². The van der Waals surface area contributed by atoms with Gasteiger partial charge in [0.15, 0.2) is 0 Å². The number of likely N-dealkylation sites (N-methyl/N-ethyl adjacent to an activating group) is 1. The minimum absolute atomic E-state index is 0. The van der Waals surface area contributed by atoms with Crippen LogP contribution in [0, 0.1) is 5.92 Å². The van der Waals surface area contributed by atoms with Gasteiger partial charge in [0.25, 0.3) is 0 Å². The first kappa shape index (κ1) is 16.8. The van der Waals surface area contributed by atoms with Crippen LogP contribution < -0.4 is 5.73 Å². The summed E-state index contributed by atoms with van der Waals surface area (Å²) in [4.78, 5) is 14.2. The van der Waals surface area contributed by atoms with Crippen LogP contribution >= 0.6 is 12.4 Å². The highest BCUT2D eigenvalue weighted by Crippen LogP contribution is 2.26. The van der Waals surface area contributed by atoms with Crippen molar-refractivity contribution in [2.24, 2.45) is 5.92 Å². The van der Waals surface area contributed by atoms with Crippen molar-refractivity contribution in [1.29, 1.82) is 0 Å². The average Bonchev–Trinajstić information content (AvgIpc) is 2.41. The molecule has 0 heterocycles. The fourth-order valence-electron chi connectivity index (χ4n) is 2.77. The van der Waals surface area contributed by atoms with E-state index in [0.717, 1.165) is 30.0 Å². The van der Waals surface area contributed by atoms with Gasteiger partial charge in [-0.25, -0.2) is 0 Å². The molecule has 0 aromatic heterocycles. The molecule has 0 bridgehead atoms. The Bertz CT molecular complexity index is 425. The fourth-order valence-corrected chi connectivity index (χ4v) is 2.77. The van der Waals surface area contributed by atoms with Crippen molar-refractivity contribution in [1.82, 2.24) is 4.90 Å². The molecule has 1 amide bonds. The zero-order valence-corrected chi connectivity index (χ0v) is 13.2. The lowest BCUT2D eigenvalue weighted by atomic mass is 9.86. The van der Waals surface area contributed by atoms with Crippen molar-refractivity contribution in [3.8, 4) is 0 Å². The number of carbonyl (C=O) groups excluding carboxylic acids is 1. The van der Waals surface area contributed by atoms with Gasteiger partial charge >= 0.3 is 0 Å². The third-order valence-electron chi connectivity index (χ3n) is 4.26. The van der Waals surface area contributed by atoms with Crippen LogP contribution in [0.3, 0.4) is 0 Å². The number of anilines is 1. The van der Waals surface area contributed by atoms with Gasteiger partial charge in [-0.15, -0.1) is 12.4 Å². The van der Waals surface area contributed by atoms with Crippen LogP contribution in [0.2, 0.25) is 0 Å². The Morgan fingerprint density at radius 2 is 1.75 bits per heavy atom. The lowest BCUT2D eigenvalue weighted by molar-refractivity contribution is -0.132. The molecule has 3 nitrogen and oxygen atoms in total. The van der Waals surface area contributed by atoms with Crippen LogP contribution in [0.15, 0.2) is 24.3 Å². The van der Waals surface area contributed by atoms with Crippen molar-refractivity contribution in [2.45, 2.75) is 45.1 Å². The zero-order chi connectivity index (χ0) is 13.8. The molecule has 1 saturated carbocycles. The minimum atomic E-state index is 0. The minimum Gasteiger partial charge on any atom is -0.399 e. The highest BCUT2D eigenvalue weighted by atomic mass is 35.5. The molecular formula is C16H25ClN2O. The van der Waals surface area contributed by atoms with E-state index in [0.29, 0.717) is 12.5 Å². The number of carbonyl (C=O) groups is 1. The summed E-state index contributed by atoms with van der Waals surface area (Å²) in [6.07, 6.45) is 5.24. The number of halogens is 1. The predicted octanol–water partition coefficient (Wildman–Crippen LogP) is 3.27. The summed E-state index contributed by atoms with van der Waals surface area (Å²) in [6, 6.07) is 8.00. The molecular weight excluding hydrogens is 272 g/mol. The molecule has 112 valence electrons. The summed E-state index contributed by atoms with van der Waals surface area (Å²) in [7, 11) is 1.94. The van der Waals surface area contributed by atoms with Crippen LogP contribution in [-0.4, -0.2) is 23.9 Å². The predicted molar refractivity (Wildman–Crippen MR) is 86.0 cm³/mol. The van der Waals surface area contributed by atoms with E-state index in [4.69, 9.17) is 5.73 Å². The fraction of sp³-hybridized carbons (Fsp3) is 0.562. The van der Waals surface area contributed by atoms with Gasteiger partial charge in [0, 0.05) is 18.8 Å². The molecule has 20 heavy (non-hydrogen) atoms. The summed E-state index contributed by atoms with van der Waals surface area (Å²) in [6.45, 7) is 2.30. The summed E-state index contributed by atoms with van der Waals surface area (Å²) in [5.41, 5.74) is 7.43. The second-order valence-electron chi connectivity index (χ2n) is 5.84. The van der Waals surface area contributed by atoms with E-state index < -0.39 is 0 Å². The van der Waals surface area contributed by atoms with Gasteiger partial charge < -0.3 is 10.6 Å². The van der Waals surface area contributed by atoms with Gasteiger partial charge in [-0.1, -0.05) is 19.1 Å². The molecule has 0 aliphatic heterocycles. The van der Waals surface area contributed by atoms with E-state index in [1.54, 1.807) is 0 Å². The molecule has 0 atom stereocenters. The molecule has 1 aromatic carbocycles. The molecule has 0 spiro atoms. The Labute approximate surface area is 127 Å². The van der Waals surface area contributed by atoms with E-state index >= 15 is 0 Å². The molecule has 4 heteroatoms. The Hall–Kier alpha value is -1.22. The Morgan fingerprint density at radius 1 is 1.20 bits per heavy atom. The van der Waals surface area contributed by atoms with Crippen molar-refractivity contribution >= 4 is 24.0 Å². The molecule has 1 aliphatic carbocycles. The molecule has 1 aromatic rings. The highest BCUT2D eigenvalue weighted by Gasteiger charge is 2.24. The van der Waals surface area contributed by atoms with Crippen LogP contribution in [0.4, 0.5) is 5.69 Å². The van der Waals surface area contributed by atoms with Gasteiger partial charge in [0.2, 0.25) is 5.91 Å². The van der Waals surface area contributed by atoms with Crippen molar-refractivity contribution < 1.29 is 4.79 Å². The number of hydrogen-bond acceptors (Lipinski definition) is 2. The number of nitrogen functional groups attached to an aromatic ring is 1. The van der Waals surface area contributed by atoms with Gasteiger partial charge in [0.05, 0.1) is 6.42 Å². The standard InChI is InChI=1S/C16H24N2O.ClH/c1-12-3-9-15(10-4-12)18(2)16(19)11-13-5-7-14(17)8-6-13;/h5-8,12,15H,3-4,9-11,17H2,1-2H3;1H. The summed E-state index contributed by atoms with van der Waals surface area (Å²) in [5.74, 6) is 1.03. The molecule has 0 radical (unpaired) electrons. The topological polar surface area (TPSA) is 46.3 Å². The van der Waals surface area contributed by atoms with Crippen LogP contribution in [-0.2, 0) is 11.2 Å². The SMILES string of the molecule is CC1CCC(N(C)C(=O)Cc2ccc(N)cc2)CC1.Cl. The largest absolute Gasteiger partial charge is 0.399 e. The van der Waals surface area contributed by atoms with Crippen LogP contribution in [0.1, 0.15) is 38.2 Å². The lowest BCUT2D eigenvalue weighted by Crippen LogP contribution is -2.40. The number of nitrogens with zero attached hydrogens (tertiary/aromatic N) is 1. The summed E-state index contributed by atoms with van der Waals surface area (Å²) < 4.78 is 0. The molecule has 2 N–H and O–H groups in total. The van der Waals surface area contributed by atoms with Gasteiger partial charge in [-0.3, -0.25) is 4.79 Å². The van der Waals surface area contributed by atoms with E-state index in [9.17, 15) is 4.79 Å². The third kappa shape index (κ3) is 4.41. The normalized spacial score (nSPS) is 21.9. The van der Waals surface area contributed by atoms with E-state index in [1.165, 1.54) is 12.8 Å². The smallest absolute Gasteiger partial charge is 0.226 e. The quantitative estimate of drug-likeness (QED) is 0.870. The molecule has 1 aliphatic rings. The average molecular weight is 297 g/mol. The summed E-state index contributed by atoms with van der Waals surface area (Å²) >= 11 is 0. The van der Waals surface area contributed by atoms with E-state index in [2.05, 4.69) is 6.92 Å². The molecule has 0 unspecified atom stereocenters. The lowest BCUT2D eigenvalue weighted by Gasteiger charge is -2.33. The first-order chi connectivity index (χ1) is 9.06. The van der Waals surface area contributed by atoms with Crippen LogP contribution in [0.25, 0.3) is 0 Å².